The molecule has 1 saturated carbocycles. The van der Waals surface area contributed by atoms with Crippen molar-refractivity contribution in [3.63, 3.8) is 0 Å². The largest absolute Gasteiger partial charge is 0.445 e. The van der Waals surface area contributed by atoms with Crippen LogP contribution in [0.2, 0.25) is 0 Å². The Bertz CT molecular complexity index is 590. The van der Waals surface area contributed by atoms with Crippen molar-refractivity contribution in [3.05, 3.63) is 35.9 Å². The van der Waals surface area contributed by atoms with Crippen LogP contribution < -0.4 is 0 Å². The number of benzene rings is 1. The molecule has 0 spiro atoms. The Morgan fingerprint density at radius 3 is 2.35 bits per heavy atom. The number of likely N-dealkylation sites (N-methyl/N-ethyl adjacent to an activating group) is 1. The highest BCUT2D eigenvalue weighted by Crippen LogP contribution is 2.25. The number of hydrogen-bond donors (Lipinski definition) is 0. The van der Waals surface area contributed by atoms with Gasteiger partial charge in [-0.05, 0) is 57.7 Å². The molecule has 6 nitrogen and oxygen atoms in total. The quantitative estimate of drug-likeness (QED) is 0.397. The van der Waals surface area contributed by atoms with E-state index in [4.69, 9.17) is 14.2 Å². The maximum atomic E-state index is 12.4. The maximum absolute atomic E-state index is 12.4. The highest BCUT2D eigenvalue weighted by Gasteiger charge is 2.27. The second kappa shape index (κ2) is 15.2. The van der Waals surface area contributed by atoms with Crippen LogP contribution in [0.1, 0.15) is 56.9 Å². The normalized spacial score (nSPS) is 18.8. The first-order chi connectivity index (χ1) is 15.1. The fraction of sp³-hybridized carbons (Fsp3) is 0.720. The zero-order valence-electron chi connectivity index (χ0n) is 19.8. The number of carbonyl (C=O) groups is 1. The van der Waals surface area contributed by atoms with Gasteiger partial charge >= 0.3 is 6.09 Å². The third kappa shape index (κ3) is 10.5. The molecule has 0 heterocycles. The van der Waals surface area contributed by atoms with Crippen molar-refractivity contribution >= 4 is 6.09 Å². The van der Waals surface area contributed by atoms with E-state index in [1.54, 1.807) is 12.0 Å². The van der Waals surface area contributed by atoms with E-state index in [-0.39, 0.29) is 12.1 Å². The lowest BCUT2D eigenvalue weighted by molar-refractivity contribution is 0.00692. The molecule has 0 radical (unpaired) electrons. The highest BCUT2D eigenvalue weighted by atomic mass is 16.6. The van der Waals surface area contributed by atoms with Gasteiger partial charge in [0.15, 0.2) is 0 Å². The van der Waals surface area contributed by atoms with E-state index in [1.807, 2.05) is 37.4 Å². The molecule has 6 heteroatoms. The number of ether oxygens (including phenoxy) is 3. The van der Waals surface area contributed by atoms with E-state index < -0.39 is 0 Å². The Morgan fingerprint density at radius 1 is 0.935 bits per heavy atom. The number of amides is 1. The van der Waals surface area contributed by atoms with E-state index in [0.29, 0.717) is 12.7 Å². The Kier molecular flexibility index (Phi) is 12.6. The summed E-state index contributed by atoms with van der Waals surface area (Å²) in [6, 6.07) is 10.1. The highest BCUT2D eigenvalue weighted by molar-refractivity contribution is 5.67. The summed E-state index contributed by atoms with van der Waals surface area (Å²) in [5, 5.41) is 0. The minimum Gasteiger partial charge on any atom is -0.445 e. The molecule has 1 aliphatic carbocycles. The van der Waals surface area contributed by atoms with Gasteiger partial charge in [0.1, 0.15) is 6.61 Å². The first-order valence-corrected chi connectivity index (χ1v) is 11.8. The molecule has 0 aromatic heterocycles. The molecule has 1 fully saturated rings. The lowest BCUT2D eigenvalue weighted by Crippen LogP contribution is -2.41. The van der Waals surface area contributed by atoms with Crippen LogP contribution in [-0.2, 0) is 20.8 Å². The van der Waals surface area contributed by atoms with Gasteiger partial charge in [-0.1, -0.05) is 43.2 Å². The number of methoxy groups -OCH3 is 1. The monoisotopic (exact) mass is 434 g/mol. The van der Waals surface area contributed by atoms with Crippen LogP contribution in [-0.4, -0.2) is 75.5 Å². The minimum absolute atomic E-state index is 0.235. The molecule has 1 aliphatic rings. The summed E-state index contributed by atoms with van der Waals surface area (Å²) in [5.41, 5.74) is 1.01. The van der Waals surface area contributed by atoms with Crippen LogP contribution in [0.15, 0.2) is 30.3 Å². The van der Waals surface area contributed by atoms with Gasteiger partial charge in [0.05, 0.1) is 12.7 Å². The van der Waals surface area contributed by atoms with Crippen molar-refractivity contribution in [2.24, 2.45) is 0 Å². The van der Waals surface area contributed by atoms with Crippen LogP contribution in [0.25, 0.3) is 0 Å². The molecular formula is C25H42N2O4. The van der Waals surface area contributed by atoms with Crippen LogP contribution >= 0.6 is 0 Å². The standard InChI is InChI=1S/C25H42N2O4/c1-26(18-20-29-3)17-9-4-5-10-19-30-24-15-13-23(14-16-24)27(2)25(28)31-21-22-11-7-6-8-12-22/h6-8,11-12,23-24H,4-5,9-10,13-21H2,1-3H3/t23-,24-. The average molecular weight is 435 g/mol. The first-order valence-electron chi connectivity index (χ1n) is 11.8. The second-order valence-electron chi connectivity index (χ2n) is 8.66. The van der Waals surface area contributed by atoms with Gasteiger partial charge in [-0.15, -0.1) is 0 Å². The predicted molar refractivity (Wildman–Crippen MR) is 124 cm³/mol. The molecule has 1 aromatic carbocycles. The predicted octanol–water partition coefficient (Wildman–Crippen LogP) is 4.72. The van der Waals surface area contributed by atoms with Crippen molar-refractivity contribution in [2.45, 2.75) is 70.1 Å². The lowest BCUT2D eigenvalue weighted by Gasteiger charge is -2.34. The molecule has 1 amide bonds. The van der Waals surface area contributed by atoms with Gasteiger partial charge < -0.3 is 24.0 Å². The molecule has 1 aromatic rings. The van der Waals surface area contributed by atoms with E-state index in [0.717, 1.165) is 64.0 Å². The fourth-order valence-electron chi connectivity index (χ4n) is 4.02. The fourth-order valence-corrected chi connectivity index (χ4v) is 4.02. The Labute approximate surface area is 188 Å². The lowest BCUT2D eigenvalue weighted by atomic mass is 9.92. The van der Waals surface area contributed by atoms with Gasteiger partial charge in [0.2, 0.25) is 0 Å². The van der Waals surface area contributed by atoms with Crippen LogP contribution in [0.4, 0.5) is 4.79 Å². The van der Waals surface area contributed by atoms with Gasteiger partial charge in [-0.2, -0.15) is 0 Å². The third-order valence-electron chi connectivity index (χ3n) is 6.15. The van der Waals surface area contributed by atoms with Gasteiger partial charge in [-0.3, -0.25) is 0 Å². The molecule has 31 heavy (non-hydrogen) atoms. The number of unbranched alkanes of at least 4 members (excludes halogenated alkanes) is 3. The molecule has 2 rings (SSSR count). The summed E-state index contributed by atoms with van der Waals surface area (Å²) < 4.78 is 16.7. The number of hydrogen-bond acceptors (Lipinski definition) is 5. The summed E-state index contributed by atoms with van der Waals surface area (Å²) in [5.74, 6) is 0. The van der Waals surface area contributed by atoms with E-state index in [1.165, 1.54) is 19.3 Å². The summed E-state index contributed by atoms with van der Waals surface area (Å²) >= 11 is 0. The Hall–Kier alpha value is -1.63. The van der Waals surface area contributed by atoms with E-state index >= 15 is 0 Å². The van der Waals surface area contributed by atoms with Gasteiger partial charge in [0, 0.05) is 33.4 Å². The summed E-state index contributed by atoms with van der Waals surface area (Å²) in [6.07, 6.45) is 8.95. The topological polar surface area (TPSA) is 51.2 Å². The minimum atomic E-state index is -0.235. The zero-order chi connectivity index (χ0) is 22.3. The van der Waals surface area contributed by atoms with Crippen LogP contribution in [0, 0.1) is 0 Å². The summed E-state index contributed by atoms with van der Waals surface area (Å²) in [6.45, 7) is 4.12. The Morgan fingerprint density at radius 2 is 1.65 bits per heavy atom. The van der Waals surface area contributed by atoms with Crippen molar-refractivity contribution < 1.29 is 19.0 Å². The maximum Gasteiger partial charge on any atom is 0.410 e. The van der Waals surface area contributed by atoms with Crippen LogP contribution in [0.5, 0.6) is 0 Å². The van der Waals surface area contributed by atoms with Crippen molar-refractivity contribution in [1.29, 1.82) is 0 Å². The molecule has 176 valence electrons. The third-order valence-corrected chi connectivity index (χ3v) is 6.15. The van der Waals surface area contributed by atoms with Crippen LogP contribution in [0.3, 0.4) is 0 Å². The van der Waals surface area contributed by atoms with E-state index in [2.05, 4.69) is 11.9 Å². The Balaban J connectivity index is 1.49. The number of carbonyl (C=O) groups excluding carboxylic acids is 1. The molecule has 0 saturated heterocycles. The van der Waals surface area contributed by atoms with Gasteiger partial charge in [-0.25, -0.2) is 4.79 Å². The average Bonchev–Trinajstić information content (AvgIpc) is 2.81. The zero-order valence-corrected chi connectivity index (χ0v) is 19.8. The van der Waals surface area contributed by atoms with Crippen molar-refractivity contribution in [2.75, 3.05) is 47.5 Å². The summed E-state index contributed by atoms with van der Waals surface area (Å²) in [7, 11) is 5.75. The molecule has 0 unspecified atom stereocenters. The molecule has 0 bridgehead atoms. The molecular weight excluding hydrogens is 392 g/mol. The smallest absolute Gasteiger partial charge is 0.410 e. The second-order valence-corrected chi connectivity index (χ2v) is 8.66. The summed E-state index contributed by atoms with van der Waals surface area (Å²) in [4.78, 5) is 16.4. The van der Waals surface area contributed by atoms with Crippen molar-refractivity contribution in [1.82, 2.24) is 9.80 Å². The first kappa shape index (κ1) is 25.6. The van der Waals surface area contributed by atoms with Gasteiger partial charge in [0.25, 0.3) is 0 Å². The van der Waals surface area contributed by atoms with E-state index in [9.17, 15) is 4.79 Å². The molecule has 0 aliphatic heterocycles. The SMILES string of the molecule is COCCN(C)CCCCCCO[C@H]1CC[C@H](N(C)C(=O)OCc2ccccc2)CC1. The molecule has 0 N–H and O–H groups in total. The van der Waals surface area contributed by atoms with Crippen molar-refractivity contribution in [3.8, 4) is 0 Å². The number of rotatable bonds is 14. The number of nitrogens with zero attached hydrogens (tertiary/aromatic N) is 2. The molecule has 0 atom stereocenters.